The number of aromatic nitrogens is 2. The second kappa shape index (κ2) is 6.92. The lowest BCUT2D eigenvalue weighted by Crippen LogP contribution is -2.29. The van der Waals surface area contributed by atoms with Crippen molar-refractivity contribution in [1.29, 1.82) is 0 Å². The summed E-state index contributed by atoms with van der Waals surface area (Å²) in [4.78, 5) is 17.4. The number of carbonyl (C=O) groups is 1. The molecule has 0 spiro atoms. The number of carbonyl (C=O) groups excluding carboxylic acids is 1. The van der Waals surface area contributed by atoms with Gasteiger partial charge in [-0.15, -0.1) is 0 Å². The maximum Gasteiger partial charge on any atom is 0.272 e. The Balaban J connectivity index is 1.85. The number of amides is 1. The minimum atomic E-state index is -3.24. The molecule has 0 saturated heterocycles. The smallest absolute Gasteiger partial charge is 0.272 e. The van der Waals surface area contributed by atoms with Gasteiger partial charge in [0.15, 0.2) is 9.84 Å². The number of aryl methyl sites for hydroxylation is 1. The molecule has 0 aliphatic carbocycles. The van der Waals surface area contributed by atoms with Crippen LogP contribution in [0.2, 0.25) is 0 Å². The molecule has 0 radical (unpaired) electrons. The van der Waals surface area contributed by atoms with Crippen molar-refractivity contribution in [3.8, 4) is 0 Å². The number of pyridine rings is 1. The predicted molar refractivity (Wildman–Crippen MR) is 100.0 cm³/mol. The van der Waals surface area contributed by atoms with Gasteiger partial charge in [0.1, 0.15) is 11.3 Å². The molecule has 2 heterocycles. The van der Waals surface area contributed by atoms with Crippen molar-refractivity contribution in [2.24, 2.45) is 0 Å². The molecule has 1 aromatic carbocycles. The molecule has 1 atom stereocenters. The topological polar surface area (TPSA) is 80.5 Å². The molecule has 0 fully saturated rings. The molecule has 2 aromatic heterocycles. The molecule has 7 heteroatoms. The molecule has 136 valence electrons. The molecule has 0 aliphatic rings. The van der Waals surface area contributed by atoms with E-state index in [1.54, 1.807) is 24.3 Å². The molecule has 1 unspecified atom stereocenters. The van der Waals surface area contributed by atoms with Gasteiger partial charge >= 0.3 is 0 Å². The summed E-state index contributed by atoms with van der Waals surface area (Å²) in [5.41, 5.74) is 2.75. The molecule has 26 heavy (non-hydrogen) atoms. The van der Waals surface area contributed by atoms with Gasteiger partial charge in [0.2, 0.25) is 0 Å². The second-order valence-electron chi connectivity index (χ2n) is 6.25. The van der Waals surface area contributed by atoms with Gasteiger partial charge in [-0.3, -0.25) is 4.79 Å². The van der Waals surface area contributed by atoms with Gasteiger partial charge in [0, 0.05) is 12.5 Å². The SMILES string of the molecule is CCC(NC(=O)c1nc2ccccn2c1C)c1ccc(S(C)(=O)=O)cc1. The van der Waals surface area contributed by atoms with Crippen LogP contribution in [0.1, 0.15) is 41.1 Å². The van der Waals surface area contributed by atoms with E-state index in [1.165, 1.54) is 6.26 Å². The fourth-order valence-corrected chi connectivity index (χ4v) is 3.56. The minimum Gasteiger partial charge on any atom is -0.344 e. The van der Waals surface area contributed by atoms with E-state index in [2.05, 4.69) is 10.3 Å². The van der Waals surface area contributed by atoms with Crippen LogP contribution in [0.3, 0.4) is 0 Å². The summed E-state index contributed by atoms with van der Waals surface area (Å²) < 4.78 is 25.0. The molecule has 0 aliphatic heterocycles. The average molecular weight is 371 g/mol. The standard InChI is InChI=1S/C19H21N3O3S/c1-4-16(14-8-10-15(11-9-14)26(3,24)25)20-19(23)18-13(2)22-12-6-5-7-17(22)21-18/h5-12,16H,4H2,1-3H3,(H,20,23). The number of nitrogens with zero attached hydrogens (tertiary/aromatic N) is 2. The highest BCUT2D eigenvalue weighted by Gasteiger charge is 2.20. The third-order valence-electron chi connectivity index (χ3n) is 4.41. The Labute approximate surface area is 152 Å². The number of benzene rings is 1. The number of nitrogens with one attached hydrogen (secondary N) is 1. The monoisotopic (exact) mass is 371 g/mol. The van der Waals surface area contributed by atoms with Crippen LogP contribution < -0.4 is 5.32 Å². The first-order valence-corrected chi connectivity index (χ1v) is 10.2. The van der Waals surface area contributed by atoms with E-state index in [4.69, 9.17) is 0 Å². The van der Waals surface area contributed by atoms with Crippen molar-refractivity contribution in [3.05, 3.63) is 65.6 Å². The zero-order chi connectivity index (χ0) is 18.9. The summed E-state index contributed by atoms with van der Waals surface area (Å²) in [5, 5.41) is 3.00. The van der Waals surface area contributed by atoms with Crippen LogP contribution in [-0.2, 0) is 9.84 Å². The summed E-state index contributed by atoms with van der Waals surface area (Å²) in [7, 11) is -3.24. The zero-order valence-corrected chi connectivity index (χ0v) is 15.7. The Hall–Kier alpha value is -2.67. The second-order valence-corrected chi connectivity index (χ2v) is 8.27. The molecule has 1 amide bonds. The van der Waals surface area contributed by atoms with E-state index in [0.717, 1.165) is 16.9 Å². The molecule has 0 bridgehead atoms. The van der Waals surface area contributed by atoms with Crippen LogP contribution in [0.25, 0.3) is 5.65 Å². The molecule has 1 N–H and O–H groups in total. The Bertz CT molecular complexity index is 1050. The quantitative estimate of drug-likeness (QED) is 0.748. The van der Waals surface area contributed by atoms with Crippen LogP contribution in [-0.4, -0.2) is 30.0 Å². The fourth-order valence-electron chi connectivity index (χ4n) is 2.93. The maximum absolute atomic E-state index is 12.7. The summed E-state index contributed by atoms with van der Waals surface area (Å²) in [6.45, 7) is 3.82. The van der Waals surface area contributed by atoms with Crippen molar-refractivity contribution in [2.45, 2.75) is 31.2 Å². The Morgan fingerprint density at radius 3 is 2.46 bits per heavy atom. The molecule has 3 rings (SSSR count). The number of hydrogen-bond acceptors (Lipinski definition) is 4. The van der Waals surface area contributed by atoms with E-state index in [-0.39, 0.29) is 16.8 Å². The highest BCUT2D eigenvalue weighted by molar-refractivity contribution is 7.90. The summed E-state index contributed by atoms with van der Waals surface area (Å²) in [6, 6.07) is 12.0. The van der Waals surface area contributed by atoms with Gasteiger partial charge < -0.3 is 9.72 Å². The van der Waals surface area contributed by atoms with Gasteiger partial charge in [-0.2, -0.15) is 0 Å². The van der Waals surface area contributed by atoms with Crippen LogP contribution in [0.4, 0.5) is 0 Å². The first-order chi connectivity index (χ1) is 12.3. The first-order valence-electron chi connectivity index (χ1n) is 8.36. The van der Waals surface area contributed by atoms with Crippen molar-refractivity contribution >= 4 is 21.4 Å². The van der Waals surface area contributed by atoms with Crippen molar-refractivity contribution in [1.82, 2.24) is 14.7 Å². The Kier molecular flexibility index (Phi) is 4.82. The lowest BCUT2D eigenvalue weighted by molar-refractivity contribution is 0.0930. The minimum absolute atomic E-state index is 0.222. The maximum atomic E-state index is 12.7. The summed E-state index contributed by atoms with van der Waals surface area (Å²) in [6.07, 6.45) is 3.72. The Morgan fingerprint density at radius 2 is 1.88 bits per heavy atom. The van der Waals surface area contributed by atoms with Crippen molar-refractivity contribution < 1.29 is 13.2 Å². The first kappa shape index (κ1) is 18.1. The van der Waals surface area contributed by atoms with Gasteiger partial charge in [-0.25, -0.2) is 13.4 Å². The number of sulfone groups is 1. The molecule has 6 nitrogen and oxygen atoms in total. The van der Waals surface area contributed by atoms with Crippen LogP contribution in [0, 0.1) is 6.92 Å². The van der Waals surface area contributed by atoms with Gasteiger partial charge in [0.25, 0.3) is 5.91 Å². The summed E-state index contributed by atoms with van der Waals surface area (Å²) in [5.74, 6) is -0.245. The number of imidazole rings is 1. The fraction of sp³-hybridized carbons (Fsp3) is 0.263. The van der Waals surface area contributed by atoms with E-state index < -0.39 is 9.84 Å². The van der Waals surface area contributed by atoms with Crippen molar-refractivity contribution in [2.75, 3.05) is 6.26 Å². The molecule has 3 aromatic rings. The van der Waals surface area contributed by atoms with E-state index in [0.29, 0.717) is 12.1 Å². The van der Waals surface area contributed by atoms with Gasteiger partial charge in [0.05, 0.1) is 16.6 Å². The molecular weight excluding hydrogens is 350 g/mol. The largest absolute Gasteiger partial charge is 0.344 e. The third-order valence-corrected chi connectivity index (χ3v) is 5.54. The predicted octanol–water partition coefficient (Wildman–Crippen LogP) is 2.93. The highest BCUT2D eigenvalue weighted by Crippen LogP contribution is 2.20. The molecular formula is C19H21N3O3S. The summed E-state index contributed by atoms with van der Waals surface area (Å²) >= 11 is 0. The average Bonchev–Trinajstić information content (AvgIpc) is 2.96. The third kappa shape index (κ3) is 3.48. The van der Waals surface area contributed by atoms with Crippen LogP contribution in [0.5, 0.6) is 0 Å². The lowest BCUT2D eigenvalue weighted by atomic mass is 10.0. The van der Waals surface area contributed by atoms with E-state index in [1.807, 2.05) is 42.6 Å². The van der Waals surface area contributed by atoms with Gasteiger partial charge in [-0.1, -0.05) is 25.1 Å². The normalized spacial score (nSPS) is 12.9. The molecule has 0 saturated carbocycles. The van der Waals surface area contributed by atoms with Crippen molar-refractivity contribution in [3.63, 3.8) is 0 Å². The van der Waals surface area contributed by atoms with Gasteiger partial charge in [-0.05, 0) is 43.2 Å². The van der Waals surface area contributed by atoms with E-state index >= 15 is 0 Å². The number of hydrogen-bond donors (Lipinski definition) is 1. The Morgan fingerprint density at radius 1 is 1.19 bits per heavy atom. The zero-order valence-electron chi connectivity index (χ0n) is 14.9. The highest BCUT2D eigenvalue weighted by atomic mass is 32.2. The van der Waals surface area contributed by atoms with Crippen LogP contribution >= 0.6 is 0 Å². The van der Waals surface area contributed by atoms with E-state index in [9.17, 15) is 13.2 Å². The number of rotatable bonds is 5. The lowest BCUT2D eigenvalue weighted by Gasteiger charge is -2.17. The van der Waals surface area contributed by atoms with Crippen LogP contribution in [0.15, 0.2) is 53.6 Å². The number of fused-ring (bicyclic) bond motifs is 1.